The topological polar surface area (TPSA) is 52.7 Å². The minimum absolute atomic E-state index is 0.00172. The highest BCUT2D eigenvalue weighted by atomic mass is 35.5. The second-order valence-corrected chi connectivity index (χ2v) is 6.56. The number of rotatable bonds is 8. The van der Waals surface area contributed by atoms with Crippen LogP contribution >= 0.6 is 11.6 Å². The molecule has 0 aliphatic heterocycles. The minimum Gasteiger partial charge on any atom is -0.338 e. The van der Waals surface area contributed by atoms with Crippen molar-refractivity contribution in [1.29, 1.82) is 0 Å². The summed E-state index contributed by atoms with van der Waals surface area (Å²) >= 11 is 5.83. The molecule has 0 aliphatic carbocycles. The molecule has 0 atom stereocenters. The normalized spacial score (nSPS) is 10.6. The lowest BCUT2D eigenvalue weighted by molar-refractivity contribution is -0.132. The average molecular weight is 374 g/mol. The Kier molecular flexibility index (Phi) is 7.63. The van der Waals surface area contributed by atoms with Crippen molar-refractivity contribution in [2.24, 2.45) is 0 Å². The molecule has 0 saturated carbocycles. The summed E-state index contributed by atoms with van der Waals surface area (Å²) in [7, 11) is 1.76. The molecule has 2 amide bonds. The molecule has 2 aromatic carbocycles. The van der Waals surface area contributed by atoms with Crippen LogP contribution < -0.4 is 5.32 Å². The summed E-state index contributed by atoms with van der Waals surface area (Å²) < 4.78 is 0. The maximum Gasteiger partial charge on any atom is 0.238 e. The maximum absolute atomic E-state index is 12.5. The summed E-state index contributed by atoms with van der Waals surface area (Å²) in [5, 5.41) is 3.41. The monoisotopic (exact) mass is 373 g/mol. The third kappa shape index (κ3) is 6.50. The molecule has 138 valence electrons. The molecule has 0 aromatic heterocycles. The number of carbonyl (C=O) groups is 2. The summed E-state index contributed by atoms with van der Waals surface area (Å²) in [5.41, 5.74) is 1.77. The summed E-state index contributed by atoms with van der Waals surface area (Å²) in [6.45, 7) is 3.47. The molecular weight excluding hydrogens is 350 g/mol. The highest BCUT2D eigenvalue weighted by Crippen LogP contribution is 2.13. The summed E-state index contributed by atoms with van der Waals surface area (Å²) in [5.74, 6) is -0.174. The van der Waals surface area contributed by atoms with E-state index < -0.39 is 0 Å². The summed E-state index contributed by atoms with van der Waals surface area (Å²) in [6, 6.07) is 16.8. The number of likely N-dealkylation sites (N-methyl/N-ethyl adjacent to an activating group) is 2. The average Bonchev–Trinajstić information content (AvgIpc) is 2.62. The zero-order chi connectivity index (χ0) is 18.9. The van der Waals surface area contributed by atoms with Gasteiger partial charge < -0.3 is 10.2 Å². The van der Waals surface area contributed by atoms with Gasteiger partial charge in [-0.15, -0.1) is 0 Å². The van der Waals surface area contributed by atoms with Gasteiger partial charge in [0.2, 0.25) is 11.8 Å². The fourth-order valence-electron chi connectivity index (χ4n) is 2.55. The Bertz CT molecular complexity index is 720. The maximum atomic E-state index is 12.5. The highest BCUT2D eigenvalue weighted by Gasteiger charge is 2.16. The Morgan fingerprint density at radius 3 is 2.27 bits per heavy atom. The van der Waals surface area contributed by atoms with Gasteiger partial charge in [0.1, 0.15) is 0 Å². The minimum atomic E-state index is -0.172. The van der Waals surface area contributed by atoms with Crippen LogP contribution in [0.2, 0.25) is 5.02 Å². The number of halogens is 1. The molecule has 1 N–H and O–H groups in total. The zero-order valence-corrected chi connectivity index (χ0v) is 15.9. The van der Waals surface area contributed by atoms with E-state index in [0.717, 1.165) is 5.56 Å². The molecule has 5 nitrogen and oxygen atoms in total. The van der Waals surface area contributed by atoms with Gasteiger partial charge in [-0.3, -0.25) is 14.5 Å². The molecule has 0 fully saturated rings. The lowest BCUT2D eigenvalue weighted by Crippen LogP contribution is -2.41. The van der Waals surface area contributed by atoms with E-state index in [1.807, 2.05) is 37.3 Å². The lowest BCUT2D eigenvalue weighted by atomic mass is 10.2. The van der Waals surface area contributed by atoms with Gasteiger partial charge in [0, 0.05) is 23.8 Å². The van der Waals surface area contributed by atoms with Crippen molar-refractivity contribution in [2.75, 3.05) is 32.0 Å². The van der Waals surface area contributed by atoms with Crippen molar-refractivity contribution in [1.82, 2.24) is 9.80 Å². The third-order valence-electron chi connectivity index (χ3n) is 3.90. The molecule has 0 bridgehead atoms. The quantitative estimate of drug-likeness (QED) is 0.772. The Morgan fingerprint density at radius 2 is 1.65 bits per heavy atom. The van der Waals surface area contributed by atoms with Gasteiger partial charge in [0.25, 0.3) is 0 Å². The Hall–Kier alpha value is -2.37. The van der Waals surface area contributed by atoms with Crippen molar-refractivity contribution in [2.45, 2.75) is 13.5 Å². The second-order valence-electron chi connectivity index (χ2n) is 6.12. The molecule has 0 unspecified atom stereocenters. The van der Waals surface area contributed by atoms with Crippen LogP contribution in [0.15, 0.2) is 54.6 Å². The van der Waals surface area contributed by atoms with Gasteiger partial charge in [0.05, 0.1) is 13.1 Å². The van der Waals surface area contributed by atoms with Crippen LogP contribution in [0.4, 0.5) is 5.69 Å². The van der Waals surface area contributed by atoms with Crippen LogP contribution in [0, 0.1) is 0 Å². The van der Waals surface area contributed by atoms with Gasteiger partial charge >= 0.3 is 0 Å². The molecule has 0 heterocycles. The number of nitrogens with zero attached hydrogens (tertiary/aromatic N) is 2. The first kappa shape index (κ1) is 19.9. The molecule has 0 spiro atoms. The van der Waals surface area contributed by atoms with Crippen molar-refractivity contribution in [3.63, 3.8) is 0 Å². The molecule has 0 radical (unpaired) electrons. The first-order chi connectivity index (χ1) is 12.5. The van der Waals surface area contributed by atoms with Crippen LogP contribution in [0.3, 0.4) is 0 Å². The Balaban J connectivity index is 1.83. The number of amides is 2. The van der Waals surface area contributed by atoms with E-state index in [1.165, 1.54) is 0 Å². The highest BCUT2D eigenvalue weighted by molar-refractivity contribution is 6.30. The first-order valence-electron chi connectivity index (χ1n) is 8.53. The summed E-state index contributed by atoms with van der Waals surface area (Å²) in [6.07, 6.45) is 0. The Morgan fingerprint density at radius 1 is 1.00 bits per heavy atom. The van der Waals surface area contributed by atoms with Crippen LogP contribution in [-0.2, 0) is 16.1 Å². The molecule has 0 saturated heterocycles. The van der Waals surface area contributed by atoms with Crippen LogP contribution in [0.5, 0.6) is 0 Å². The van der Waals surface area contributed by atoms with Gasteiger partial charge in [-0.05, 0) is 43.8 Å². The second kappa shape index (κ2) is 9.94. The fourth-order valence-corrected chi connectivity index (χ4v) is 2.67. The SMILES string of the molecule is CCN(Cc1ccccc1)C(=O)CN(C)CC(=O)Nc1ccc(Cl)cc1. The van der Waals surface area contributed by atoms with Gasteiger partial charge in [-0.25, -0.2) is 0 Å². The van der Waals surface area contributed by atoms with E-state index in [9.17, 15) is 9.59 Å². The molecule has 2 aromatic rings. The lowest BCUT2D eigenvalue weighted by Gasteiger charge is -2.24. The van der Waals surface area contributed by atoms with E-state index in [2.05, 4.69) is 5.32 Å². The van der Waals surface area contributed by atoms with E-state index in [4.69, 9.17) is 11.6 Å². The predicted molar refractivity (Wildman–Crippen MR) is 105 cm³/mol. The van der Waals surface area contributed by atoms with Crippen LogP contribution in [0.25, 0.3) is 0 Å². The number of anilines is 1. The number of hydrogen-bond acceptors (Lipinski definition) is 3. The van der Waals surface area contributed by atoms with Crippen molar-refractivity contribution in [3.05, 3.63) is 65.2 Å². The van der Waals surface area contributed by atoms with Crippen molar-refractivity contribution in [3.8, 4) is 0 Å². The van der Waals surface area contributed by atoms with Gasteiger partial charge in [0.15, 0.2) is 0 Å². The van der Waals surface area contributed by atoms with E-state index >= 15 is 0 Å². The third-order valence-corrected chi connectivity index (χ3v) is 4.15. The molecule has 26 heavy (non-hydrogen) atoms. The number of nitrogens with one attached hydrogen (secondary N) is 1. The largest absolute Gasteiger partial charge is 0.338 e. The molecular formula is C20H24ClN3O2. The first-order valence-corrected chi connectivity index (χ1v) is 8.91. The Labute approximate surface area is 159 Å². The number of carbonyl (C=O) groups excluding carboxylic acids is 2. The van der Waals surface area contributed by atoms with E-state index in [-0.39, 0.29) is 24.9 Å². The molecule has 6 heteroatoms. The van der Waals surface area contributed by atoms with E-state index in [0.29, 0.717) is 23.8 Å². The van der Waals surface area contributed by atoms with Crippen LogP contribution in [-0.4, -0.2) is 48.3 Å². The van der Waals surface area contributed by atoms with Crippen molar-refractivity contribution < 1.29 is 9.59 Å². The van der Waals surface area contributed by atoms with Gasteiger partial charge in [-0.2, -0.15) is 0 Å². The fraction of sp³-hybridized carbons (Fsp3) is 0.300. The summed E-state index contributed by atoms with van der Waals surface area (Å²) in [4.78, 5) is 28.1. The molecule has 2 rings (SSSR count). The molecule has 0 aliphatic rings. The standard InChI is InChI=1S/C20H24ClN3O2/c1-3-24(13-16-7-5-4-6-8-16)20(26)15-23(2)14-19(25)22-18-11-9-17(21)10-12-18/h4-12H,3,13-15H2,1-2H3,(H,22,25). The zero-order valence-electron chi connectivity index (χ0n) is 15.1. The van der Waals surface area contributed by atoms with Crippen molar-refractivity contribution >= 4 is 29.1 Å². The predicted octanol–water partition coefficient (Wildman–Crippen LogP) is 3.26. The number of hydrogen-bond donors (Lipinski definition) is 1. The van der Waals surface area contributed by atoms with E-state index in [1.54, 1.807) is 41.1 Å². The van der Waals surface area contributed by atoms with Gasteiger partial charge in [-0.1, -0.05) is 41.9 Å². The number of benzene rings is 2. The smallest absolute Gasteiger partial charge is 0.238 e. The van der Waals surface area contributed by atoms with Crippen LogP contribution in [0.1, 0.15) is 12.5 Å².